The molecule has 4 heterocycles. The number of hydrogen-bond donors (Lipinski definition) is 2. The first-order chi connectivity index (χ1) is 16.8. The van der Waals surface area contributed by atoms with Crippen molar-refractivity contribution in [3.8, 4) is 6.07 Å². The lowest BCUT2D eigenvalue weighted by molar-refractivity contribution is 0.0691. The molecule has 1 aliphatic heterocycles. The van der Waals surface area contributed by atoms with Gasteiger partial charge >= 0.3 is 5.97 Å². The third-order valence-corrected chi connectivity index (χ3v) is 6.21. The number of carbonyl (C=O) groups is 1. The third kappa shape index (κ3) is 4.22. The van der Waals surface area contributed by atoms with Gasteiger partial charge in [0, 0.05) is 24.8 Å². The number of carboxylic acids is 1. The van der Waals surface area contributed by atoms with E-state index in [1.807, 2.05) is 37.1 Å². The van der Waals surface area contributed by atoms with Crippen LogP contribution in [0.2, 0.25) is 5.15 Å². The average Bonchev–Trinajstić information content (AvgIpc) is 3.31. The molecule has 0 unspecified atom stereocenters. The van der Waals surface area contributed by atoms with E-state index in [9.17, 15) is 15.2 Å². The van der Waals surface area contributed by atoms with E-state index >= 15 is 0 Å². The molecule has 0 radical (unpaired) electrons. The number of pyridine rings is 1. The normalized spacial score (nSPS) is 13.8. The van der Waals surface area contributed by atoms with Crippen LogP contribution in [0.15, 0.2) is 36.8 Å². The molecule has 0 spiro atoms. The number of anilines is 2. The zero-order valence-electron chi connectivity index (χ0n) is 19.0. The standard InChI is InChI=1S/C24H21ClN8O2/c1-13-7-16(14(2)28-17-3-4-20(25)30-22(17)24(34)35)21-18(8-13)29-19(9-26)23(31-21)32-5-6-33-12-27-10-15(33)11-32/h3-4,7-8,10,12,14,28H,5-6,11H2,1-2H3,(H,34,35)/t14-/m1/s1. The Balaban J connectivity index is 1.58. The second-order valence-corrected chi connectivity index (χ2v) is 8.82. The van der Waals surface area contributed by atoms with Crippen LogP contribution in [0, 0.1) is 18.3 Å². The highest BCUT2D eigenvalue weighted by Crippen LogP contribution is 2.31. The number of nitrogens with zero attached hydrogens (tertiary/aromatic N) is 7. The molecular formula is C24H21ClN8O2. The van der Waals surface area contributed by atoms with E-state index in [0.717, 1.165) is 23.4 Å². The molecule has 0 amide bonds. The van der Waals surface area contributed by atoms with Crippen molar-refractivity contribution in [2.45, 2.75) is 33.0 Å². The molecule has 1 aromatic carbocycles. The van der Waals surface area contributed by atoms with Gasteiger partial charge in [-0.15, -0.1) is 0 Å². The first-order valence-corrected chi connectivity index (χ1v) is 11.3. The van der Waals surface area contributed by atoms with Crippen molar-refractivity contribution >= 4 is 40.1 Å². The van der Waals surface area contributed by atoms with E-state index in [1.165, 1.54) is 6.07 Å². The summed E-state index contributed by atoms with van der Waals surface area (Å²) in [5, 5.41) is 22.7. The van der Waals surface area contributed by atoms with Crippen molar-refractivity contribution in [2.24, 2.45) is 0 Å². The van der Waals surface area contributed by atoms with Crippen LogP contribution in [0.1, 0.15) is 46.0 Å². The highest BCUT2D eigenvalue weighted by atomic mass is 35.5. The minimum atomic E-state index is -1.18. The van der Waals surface area contributed by atoms with Gasteiger partial charge in [0.15, 0.2) is 17.2 Å². The van der Waals surface area contributed by atoms with Crippen LogP contribution >= 0.6 is 11.6 Å². The molecule has 1 atom stereocenters. The van der Waals surface area contributed by atoms with Crippen molar-refractivity contribution in [2.75, 3.05) is 16.8 Å². The first-order valence-electron chi connectivity index (χ1n) is 11.0. The summed E-state index contributed by atoms with van der Waals surface area (Å²) in [7, 11) is 0. The molecule has 1 aliphatic rings. The van der Waals surface area contributed by atoms with E-state index in [0.29, 0.717) is 35.6 Å². The van der Waals surface area contributed by atoms with E-state index < -0.39 is 5.97 Å². The summed E-state index contributed by atoms with van der Waals surface area (Å²) in [4.78, 5) is 31.4. The molecular weight excluding hydrogens is 468 g/mol. The second kappa shape index (κ2) is 8.85. The van der Waals surface area contributed by atoms with Crippen LogP contribution in [-0.2, 0) is 13.1 Å². The Hall–Kier alpha value is -4.23. The van der Waals surface area contributed by atoms with Crippen LogP contribution in [0.4, 0.5) is 11.5 Å². The Kier molecular flexibility index (Phi) is 5.70. The Morgan fingerprint density at radius 3 is 2.86 bits per heavy atom. The second-order valence-electron chi connectivity index (χ2n) is 8.43. The summed E-state index contributed by atoms with van der Waals surface area (Å²) in [5.74, 6) is -0.662. The lowest BCUT2D eigenvalue weighted by Gasteiger charge is -2.29. The monoisotopic (exact) mass is 488 g/mol. The number of hydrogen-bond acceptors (Lipinski definition) is 8. The molecule has 176 valence electrons. The molecule has 3 aromatic heterocycles. The van der Waals surface area contributed by atoms with Gasteiger partial charge in [-0.05, 0) is 37.6 Å². The largest absolute Gasteiger partial charge is 0.476 e. The fourth-order valence-electron chi connectivity index (χ4n) is 4.34. The van der Waals surface area contributed by atoms with Gasteiger partial charge < -0.3 is 19.9 Å². The van der Waals surface area contributed by atoms with Gasteiger partial charge in [0.25, 0.3) is 0 Å². The fraction of sp³-hybridized carbons (Fsp3) is 0.250. The van der Waals surface area contributed by atoms with Gasteiger partial charge in [0.1, 0.15) is 11.2 Å². The Morgan fingerprint density at radius 1 is 1.26 bits per heavy atom. The maximum absolute atomic E-state index is 11.7. The maximum atomic E-state index is 11.7. The number of aryl methyl sites for hydroxylation is 1. The summed E-state index contributed by atoms with van der Waals surface area (Å²) in [6.07, 6.45) is 3.61. The maximum Gasteiger partial charge on any atom is 0.356 e. The Bertz CT molecular complexity index is 1510. The lowest BCUT2D eigenvalue weighted by atomic mass is 10.0. The molecule has 35 heavy (non-hydrogen) atoms. The van der Waals surface area contributed by atoms with Gasteiger partial charge in [-0.2, -0.15) is 5.26 Å². The molecule has 0 saturated carbocycles. The van der Waals surface area contributed by atoms with Crippen molar-refractivity contribution in [3.63, 3.8) is 0 Å². The summed E-state index contributed by atoms with van der Waals surface area (Å²) in [6.45, 7) is 5.83. The quantitative estimate of drug-likeness (QED) is 0.400. The number of aromatic carboxylic acids is 1. The molecule has 11 heteroatoms. The fourth-order valence-corrected chi connectivity index (χ4v) is 4.49. The molecule has 5 rings (SSSR count). The number of halogens is 1. The lowest BCUT2D eigenvalue weighted by Crippen LogP contribution is -2.34. The molecule has 0 bridgehead atoms. The zero-order chi connectivity index (χ0) is 24.7. The zero-order valence-corrected chi connectivity index (χ0v) is 19.8. The van der Waals surface area contributed by atoms with E-state index in [4.69, 9.17) is 16.6 Å². The summed E-state index contributed by atoms with van der Waals surface area (Å²) in [5.41, 5.74) is 4.50. The summed E-state index contributed by atoms with van der Waals surface area (Å²) < 4.78 is 2.08. The summed E-state index contributed by atoms with van der Waals surface area (Å²) in [6, 6.07) is 8.87. The Morgan fingerprint density at radius 2 is 2.09 bits per heavy atom. The SMILES string of the molecule is Cc1cc([C@@H](C)Nc2ccc(Cl)nc2C(=O)O)c2nc(N3CCn4cncc4C3)c(C#N)nc2c1. The van der Waals surface area contributed by atoms with Gasteiger partial charge in [0.2, 0.25) is 0 Å². The minimum absolute atomic E-state index is 0.101. The van der Waals surface area contributed by atoms with Gasteiger partial charge in [-0.3, -0.25) is 0 Å². The first kappa shape index (κ1) is 22.6. The molecule has 0 aliphatic carbocycles. The molecule has 0 fully saturated rings. The van der Waals surface area contributed by atoms with Crippen LogP contribution < -0.4 is 10.2 Å². The smallest absolute Gasteiger partial charge is 0.356 e. The topological polar surface area (TPSA) is 133 Å². The predicted octanol–water partition coefficient (Wildman–Crippen LogP) is 3.95. The predicted molar refractivity (Wildman–Crippen MR) is 131 cm³/mol. The van der Waals surface area contributed by atoms with Gasteiger partial charge in [-0.25, -0.2) is 24.7 Å². The van der Waals surface area contributed by atoms with Gasteiger partial charge in [-0.1, -0.05) is 17.7 Å². The molecule has 10 nitrogen and oxygen atoms in total. The third-order valence-electron chi connectivity index (χ3n) is 6.00. The van der Waals surface area contributed by atoms with E-state index in [1.54, 1.807) is 12.4 Å². The number of nitriles is 1. The summed E-state index contributed by atoms with van der Waals surface area (Å²) >= 11 is 5.90. The molecule has 0 saturated heterocycles. The number of imidazole rings is 1. The van der Waals surface area contributed by atoms with Crippen molar-refractivity contribution in [1.29, 1.82) is 5.26 Å². The number of carboxylic acid groups (broad SMARTS) is 1. The van der Waals surface area contributed by atoms with Crippen molar-refractivity contribution < 1.29 is 9.90 Å². The number of fused-ring (bicyclic) bond motifs is 2. The van der Waals surface area contributed by atoms with E-state index in [2.05, 4.69) is 30.9 Å². The number of aromatic nitrogens is 5. The van der Waals surface area contributed by atoms with Crippen LogP contribution in [-0.4, -0.2) is 42.1 Å². The van der Waals surface area contributed by atoms with E-state index in [-0.39, 0.29) is 22.6 Å². The van der Waals surface area contributed by atoms with Crippen LogP contribution in [0.3, 0.4) is 0 Å². The Labute approximate surface area is 205 Å². The minimum Gasteiger partial charge on any atom is -0.476 e. The van der Waals surface area contributed by atoms with Crippen molar-refractivity contribution in [1.82, 2.24) is 24.5 Å². The number of nitrogens with one attached hydrogen (secondary N) is 1. The number of rotatable bonds is 5. The number of benzene rings is 1. The average molecular weight is 489 g/mol. The molecule has 2 N–H and O–H groups in total. The van der Waals surface area contributed by atoms with Gasteiger partial charge in [0.05, 0.1) is 41.3 Å². The molecule has 4 aromatic rings. The van der Waals surface area contributed by atoms with Crippen LogP contribution in [0.5, 0.6) is 0 Å². The highest BCUT2D eigenvalue weighted by molar-refractivity contribution is 6.29. The highest BCUT2D eigenvalue weighted by Gasteiger charge is 2.24. The van der Waals surface area contributed by atoms with Crippen molar-refractivity contribution in [3.05, 3.63) is 70.2 Å². The van der Waals surface area contributed by atoms with Crippen LogP contribution in [0.25, 0.3) is 11.0 Å².